The van der Waals surface area contributed by atoms with Gasteiger partial charge < -0.3 is 4.42 Å². The smallest absolute Gasteiger partial charge is 0.299 e. The highest BCUT2D eigenvalue weighted by Gasteiger charge is 2.30. The van der Waals surface area contributed by atoms with Crippen LogP contribution in [0.4, 0.5) is 0 Å². The maximum absolute atomic E-state index is 6.30. The number of aromatic nitrogens is 3. The van der Waals surface area contributed by atoms with E-state index in [9.17, 15) is 0 Å². The van der Waals surface area contributed by atoms with Gasteiger partial charge in [0.05, 0.1) is 7.05 Å². The maximum Gasteiger partial charge on any atom is 0.299 e. The number of para-hydroxylation sites is 3. The zero-order valence-corrected chi connectivity index (χ0v) is 17.2. The SMILES string of the molecule is Cc1ccc2nc(C(C)C)oc2c1-c1n(-c2ccccc2)c2ccccc2[n+]1C. The van der Waals surface area contributed by atoms with E-state index in [1.165, 1.54) is 11.1 Å². The molecule has 5 aromatic rings. The topological polar surface area (TPSA) is 34.8 Å². The van der Waals surface area contributed by atoms with Gasteiger partial charge in [-0.25, -0.2) is 9.55 Å². The van der Waals surface area contributed by atoms with Gasteiger partial charge in [0.15, 0.2) is 22.5 Å². The largest absolute Gasteiger partial charge is 0.439 e. The molecule has 0 aliphatic rings. The van der Waals surface area contributed by atoms with Gasteiger partial charge in [-0.2, -0.15) is 4.57 Å². The van der Waals surface area contributed by atoms with E-state index in [0.29, 0.717) is 0 Å². The molecule has 0 saturated heterocycles. The molecule has 29 heavy (non-hydrogen) atoms. The lowest BCUT2D eigenvalue weighted by molar-refractivity contribution is -0.633. The van der Waals surface area contributed by atoms with Gasteiger partial charge in [0.25, 0.3) is 5.82 Å². The Hall–Kier alpha value is -3.40. The first kappa shape index (κ1) is 17.7. The number of fused-ring (bicyclic) bond motifs is 2. The van der Waals surface area contributed by atoms with E-state index in [2.05, 4.69) is 97.6 Å². The monoisotopic (exact) mass is 382 g/mol. The number of aryl methyl sites for hydroxylation is 2. The molecule has 0 amide bonds. The average Bonchev–Trinajstić information content (AvgIpc) is 3.29. The number of benzene rings is 3. The maximum atomic E-state index is 6.30. The fourth-order valence-electron chi connectivity index (χ4n) is 4.07. The molecule has 4 heteroatoms. The van der Waals surface area contributed by atoms with Gasteiger partial charge in [-0.1, -0.05) is 50.2 Å². The summed E-state index contributed by atoms with van der Waals surface area (Å²) in [5, 5.41) is 0. The zero-order chi connectivity index (χ0) is 20.1. The third kappa shape index (κ3) is 2.67. The van der Waals surface area contributed by atoms with Crippen LogP contribution in [0.3, 0.4) is 0 Å². The molecule has 0 N–H and O–H groups in total. The molecule has 0 bridgehead atoms. The van der Waals surface area contributed by atoms with Crippen molar-refractivity contribution >= 4 is 22.1 Å². The van der Waals surface area contributed by atoms with Crippen molar-refractivity contribution < 1.29 is 8.98 Å². The highest BCUT2D eigenvalue weighted by atomic mass is 16.3. The van der Waals surface area contributed by atoms with Gasteiger partial charge in [-0.15, -0.1) is 0 Å². The third-order valence-corrected chi connectivity index (χ3v) is 5.53. The summed E-state index contributed by atoms with van der Waals surface area (Å²) >= 11 is 0. The molecule has 2 aromatic heterocycles. The number of imidazole rings is 1. The predicted molar refractivity (Wildman–Crippen MR) is 116 cm³/mol. The molecular formula is C25H24N3O+. The van der Waals surface area contributed by atoms with Crippen LogP contribution < -0.4 is 4.57 Å². The summed E-state index contributed by atoms with van der Waals surface area (Å²) in [6, 6.07) is 23.2. The quantitative estimate of drug-likeness (QED) is 0.375. The number of hydrogen-bond acceptors (Lipinski definition) is 2. The van der Waals surface area contributed by atoms with E-state index in [4.69, 9.17) is 9.40 Å². The van der Waals surface area contributed by atoms with Gasteiger partial charge in [0, 0.05) is 5.92 Å². The first-order valence-corrected chi connectivity index (χ1v) is 10.0. The Labute approximate surface area is 170 Å². The van der Waals surface area contributed by atoms with E-state index in [0.717, 1.165) is 39.6 Å². The van der Waals surface area contributed by atoms with Crippen LogP contribution in [0.25, 0.3) is 39.2 Å². The van der Waals surface area contributed by atoms with Crippen LogP contribution in [0.1, 0.15) is 31.2 Å². The number of rotatable bonds is 3. The second-order valence-corrected chi connectivity index (χ2v) is 7.85. The molecule has 0 spiro atoms. The minimum atomic E-state index is 0.240. The molecular weight excluding hydrogens is 358 g/mol. The van der Waals surface area contributed by atoms with Gasteiger partial charge in [0.1, 0.15) is 16.8 Å². The number of oxazole rings is 1. The summed E-state index contributed by atoms with van der Waals surface area (Å²) < 4.78 is 10.9. The minimum absolute atomic E-state index is 0.240. The summed E-state index contributed by atoms with van der Waals surface area (Å²) in [4.78, 5) is 4.74. The fourth-order valence-corrected chi connectivity index (χ4v) is 4.07. The third-order valence-electron chi connectivity index (χ3n) is 5.53. The van der Waals surface area contributed by atoms with Crippen molar-refractivity contribution in [3.8, 4) is 17.1 Å². The van der Waals surface area contributed by atoms with Crippen LogP contribution in [0.5, 0.6) is 0 Å². The Morgan fingerprint density at radius 2 is 1.66 bits per heavy atom. The molecule has 0 atom stereocenters. The predicted octanol–water partition coefficient (Wildman–Crippen LogP) is 5.70. The van der Waals surface area contributed by atoms with Crippen molar-refractivity contribution in [3.63, 3.8) is 0 Å². The Bertz CT molecular complexity index is 1340. The van der Waals surface area contributed by atoms with Gasteiger partial charge in [-0.05, 0) is 42.8 Å². The lowest BCUT2D eigenvalue weighted by atomic mass is 10.1. The Morgan fingerprint density at radius 1 is 0.931 bits per heavy atom. The van der Waals surface area contributed by atoms with Crippen LogP contribution in [0.2, 0.25) is 0 Å². The lowest BCUT2D eigenvalue weighted by Crippen LogP contribution is -2.30. The molecule has 4 nitrogen and oxygen atoms in total. The van der Waals surface area contributed by atoms with Gasteiger partial charge in [0.2, 0.25) is 0 Å². The Morgan fingerprint density at radius 3 is 2.41 bits per heavy atom. The van der Waals surface area contributed by atoms with Crippen molar-refractivity contribution in [1.82, 2.24) is 9.55 Å². The van der Waals surface area contributed by atoms with Crippen molar-refractivity contribution in [2.24, 2.45) is 7.05 Å². The van der Waals surface area contributed by atoms with Crippen LogP contribution >= 0.6 is 0 Å². The summed E-state index contributed by atoms with van der Waals surface area (Å²) in [6.07, 6.45) is 0. The van der Waals surface area contributed by atoms with Crippen molar-refractivity contribution in [2.45, 2.75) is 26.7 Å². The zero-order valence-electron chi connectivity index (χ0n) is 17.2. The second-order valence-electron chi connectivity index (χ2n) is 7.85. The molecule has 0 saturated carbocycles. The van der Waals surface area contributed by atoms with Crippen LogP contribution in [-0.2, 0) is 7.05 Å². The molecule has 0 aliphatic carbocycles. The molecule has 0 aliphatic heterocycles. The molecule has 3 aromatic carbocycles. The van der Waals surface area contributed by atoms with E-state index in [1.807, 2.05) is 6.07 Å². The molecule has 0 unspecified atom stereocenters. The van der Waals surface area contributed by atoms with Gasteiger partial charge in [-0.3, -0.25) is 0 Å². The van der Waals surface area contributed by atoms with E-state index >= 15 is 0 Å². The van der Waals surface area contributed by atoms with E-state index in [-0.39, 0.29) is 5.92 Å². The van der Waals surface area contributed by atoms with Crippen molar-refractivity contribution in [2.75, 3.05) is 0 Å². The number of hydrogen-bond donors (Lipinski definition) is 0. The highest BCUT2D eigenvalue weighted by Crippen LogP contribution is 2.35. The van der Waals surface area contributed by atoms with Gasteiger partial charge >= 0.3 is 0 Å². The lowest BCUT2D eigenvalue weighted by Gasteiger charge is -2.07. The summed E-state index contributed by atoms with van der Waals surface area (Å²) in [7, 11) is 2.12. The van der Waals surface area contributed by atoms with Crippen LogP contribution in [-0.4, -0.2) is 9.55 Å². The first-order chi connectivity index (χ1) is 14.1. The molecule has 0 radical (unpaired) electrons. The summed E-state index contributed by atoms with van der Waals surface area (Å²) in [5.41, 5.74) is 7.47. The van der Waals surface area contributed by atoms with E-state index < -0.39 is 0 Å². The Kier molecular flexibility index (Phi) is 4.02. The fraction of sp³-hybridized carbons (Fsp3) is 0.200. The summed E-state index contributed by atoms with van der Waals surface area (Å²) in [5.74, 6) is 2.10. The second kappa shape index (κ2) is 6.59. The summed E-state index contributed by atoms with van der Waals surface area (Å²) in [6.45, 7) is 6.36. The number of nitrogens with zero attached hydrogens (tertiary/aromatic N) is 3. The van der Waals surface area contributed by atoms with E-state index in [1.54, 1.807) is 0 Å². The van der Waals surface area contributed by atoms with Crippen molar-refractivity contribution in [1.29, 1.82) is 0 Å². The first-order valence-electron chi connectivity index (χ1n) is 10.0. The normalized spacial score (nSPS) is 11.8. The van der Waals surface area contributed by atoms with Crippen LogP contribution in [0.15, 0.2) is 71.1 Å². The minimum Gasteiger partial charge on any atom is -0.439 e. The van der Waals surface area contributed by atoms with Crippen LogP contribution in [0, 0.1) is 6.92 Å². The highest BCUT2D eigenvalue weighted by molar-refractivity contribution is 5.92. The average molecular weight is 382 g/mol. The van der Waals surface area contributed by atoms with Crippen molar-refractivity contribution in [3.05, 3.63) is 78.2 Å². The Balaban J connectivity index is 1.94. The molecule has 144 valence electrons. The standard InChI is InChI=1S/C25H24N3O/c1-16(2)24-26-19-15-14-17(3)22(23(19)29-24)25-27(4)20-12-8-9-13-21(20)28(25)18-10-6-5-7-11-18/h5-16H,1-4H3/q+1. The molecule has 5 rings (SSSR count). The molecule has 0 fully saturated rings. The molecule has 2 heterocycles.